The predicted molar refractivity (Wildman–Crippen MR) is 68.0 cm³/mol. The van der Waals surface area contributed by atoms with Gasteiger partial charge in [0.15, 0.2) is 0 Å². The Kier molecular flexibility index (Phi) is 11.1. The van der Waals surface area contributed by atoms with Gasteiger partial charge in [0, 0.05) is 0 Å². The van der Waals surface area contributed by atoms with Gasteiger partial charge in [-0.25, -0.2) is 0 Å². The maximum absolute atomic E-state index is 9.06. The fraction of sp³-hybridized carbons (Fsp3) is 0.714. The molecule has 1 N–H and O–H groups in total. The zero-order valence-electron chi connectivity index (χ0n) is 10.1. The fourth-order valence-electron chi connectivity index (χ4n) is 1.60. The summed E-state index contributed by atoms with van der Waals surface area (Å²) in [6, 6.07) is 0. The van der Waals surface area contributed by atoms with Crippen LogP contribution in [0.1, 0.15) is 58.3 Å². The first-order valence-electron chi connectivity index (χ1n) is 6.23. The molecule has 0 aliphatic carbocycles. The molecule has 0 bridgehead atoms. The number of aliphatic hydroxyl groups excluding tert-OH is 1. The molecular weight excluding hydrogens is 184 g/mol. The Bertz CT molecular complexity index is 159. The molecule has 1 nitrogen and oxygen atoms in total. The Labute approximate surface area is 94.9 Å². The normalized spacial score (nSPS) is 13.2. The van der Waals surface area contributed by atoms with Gasteiger partial charge in [-0.15, -0.1) is 0 Å². The van der Waals surface area contributed by atoms with Crippen molar-refractivity contribution in [3.8, 4) is 0 Å². The molecule has 1 unspecified atom stereocenters. The average molecular weight is 210 g/mol. The fourth-order valence-corrected chi connectivity index (χ4v) is 1.60. The molecule has 0 aliphatic heterocycles. The van der Waals surface area contributed by atoms with E-state index in [4.69, 9.17) is 5.11 Å². The van der Waals surface area contributed by atoms with Crippen LogP contribution < -0.4 is 0 Å². The molecular formula is C14H26O. The summed E-state index contributed by atoms with van der Waals surface area (Å²) in [5, 5.41) is 9.06. The minimum atomic E-state index is -0.117. The second-order valence-electron chi connectivity index (χ2n) is 4.21. The van der Waals surface area contributed by atoms with Crippen LogP contribution in [0.5, 0.6) is 0 Å². The standard InChI is InChI=1S/C14H26O/c1-3-4-5-6-7-8-9-10-11-12-13-14(2)15/h3-5,14-15H,1,6-13H2,2H3. The van der Waals surface area contributed by atoms with Crippen LogP contribution in [0, 0.1) is 0 Å². The van der Waals surface area contributed by atoms with Crippen LogP contribution in [0.2, 0.25) is 0 Å². The van der Waals surface area contributed by atoms with Crippen molar-refractivity contribution in [1.82, 2.24) is 0 Å². The van der Waals surface area contributed by atoms with Crippen molar-refractivity contribution in [2.24, 2.45) is 0 Å². The minimum Gasteiger partial charge on any atom is -0.393 e. The molecule has 0 rings (SSSR count). The molecule has 0 aromatic heterocycles. The summed E-state index contributed by atoms with van der Waals surface area (Å²) in [7, 11) is 0. The minimum absolute atomic E-state index is 0.117. The highest BCUT2D eigenvalue weighted by molar-refractivity contribution is 4.96. The third-order valence-electron chi connectivity index (χ3n) is 2.51. The molecule has 0 saturated carbocycles. The van der Waals surface area contributed by atoms with Crippen molar-refractivity contribution < 1.29 is 5.11 Å². The van der Waals surface area contributed by atoms with E-state index in [0.717, 1.165) is 6.42 Å². The molecule has 0 aromatic rings. The van der Waals surface area contributed by atoms with Crippen LogP contribution >= 0.6 is 0 Å². The Hall–Kier alpha value is -0.560. The Morgan fingerprint density at radius 3 is 2.27 bits per heavy atom. The summed E-state index contributed by atoms with van der Waals surface area (Å²) in [5.74, 6) is 0. The first kappa shape index (κ1) is 14.4. The summed E-state index contributed by atoms with van der Waals surface area (Å²) in [5.41, 5.74) is 0. The molecule has 0 spiro atoms. The maximum atomic E-state index is 9.06. The molecule has 0 heterocycles. The molecule has 0 radical (unpaired) electrons. The maximum Gasteiger partial charge on any atom is 0.0512 e. The van der Waals surface area contributed by atoms with Crippen molar-refractivity contribution in [3.63, 3.8) is 0 Å². The Morgan fingerprint density at radius 1 is 1.07 bits per heavy atom. The molecule has 0 aromatic carbocycles. The van der Waals surface area contributed by atoms with E-state index in [-0.39, 0.29) is 6.10 Å². The van der Waals surface area contributed by atoms with Gasteiger partial charge in [0.05, 0.1) is 6.10 Å². The van der Waals surface area contributed by atoms with E-state index >= 15 is 0 Å². The van der Waals surface area contributed by atoms with E-state index in [2.05, 4.69) is 12.7 Å². The summed E-state index contributed by atoms with van der Waals surface area (Å²) >= 11 is 0. The first-order chi connectivity index (χ1) is 7.27. The van der Waals surface area contributed by atoms with Crippen LogP contribution in [0.4, 0.5) is 0 Å². The van der Waals surface area contributed by atoms with Crippen molar-refractivity contribution in [2.45, 2.75) is 64.4 Å². The van der Waals surface area contributed by atoms with Crippen LogP contribution in [0.15, 0.2) is 24.8 Å². The lowest BCUT2D eigenvalue weighted by molar-refractivity contribution is 0.180. The molecule has 15 heavy (non-hydrogen) atoms. The van der Waals surface area contributed by atoms with Crippen molar-refractivity contribution >= 4 is 0 Å². The van der Waals surface area contributed by atoms with Crippen LogP contribution in [-0.4, -0.2) is 11.2 Å². The highest BCUT2D eigenvalue weighted by Crippen LogP contribution is 2.09. The molecule has 0 aliphatic rings. The van der Waals surface area contributed by atoms with Gasteiger partial charge >= 0.3 is 0 Å². The van der Waals surface area contributed by atoms with E-state index < -0.39 is 0 Å². The van der Waals surface area contributed by atoms with Gasteiger partial charge in [-0.05, 0) is 26.2 Å². The van der Waals surface area contributed by atoms with Gasteiger partial charge in [-0.1, -0.05) is 56.9 Å². The zero-order valence-corrected chi connectivity index (χ0v) is 10.1. The topological polar surface area (TPSA) is 20.2 Å². The quantitative estimate of drug-likeness (QED) is 0.422. The third-order valence-corrected chi connectivity index (χ3v) is 2.51. The van der Waals surface area contributed by atoms with Crippen LogP contribution in [0.3, 0.4) is 0 Å². The lowest BCUT2D eigenvalue weighted by atomic mass is 10.1. The molecule has 0 saturated heterocycles. The van der Waals surface area contributed by atoms with Gasteiger partial charge in [0.25, 0.3) is 0 Å². The second kappa shape index (κ2) is 11.5. The van der Waals surface area contributed by atoms with E-state index in [1.165, 1.54) is 44.9 Å². The van der Waals surface area contributed by atoms with Crippen LogP contribution in [0.25, 0.3) is 0 Å². The molecule has 1 atom stereocenters. The molecule has 0 amide bonds. The van der Waals surface area contributed by atoms with E-state index in [1.54, 1.807) is 0 Å². The number of hydrogen-bond acceptors (Lipinski definition) is 1. The Balaban J connectivity index is 2.98. The molecule has 1 heteroatoms. The van der Waals surface area contributed by atoms with E-state index in [1.807, 2.05) is 19.1 Å². The predicted octanol–water partition coefficient (Wildman–Crippen LogP) is 4.23. The first-order valence-corrected chi connectivity index (χ1v) is 6.23. The van der Waals surface area contributed by atoms with Crippen molar-refractivity contribution in [2.75, 3.05) is 0 Å². The lowest BCUT2D eigenvalue weighted by Gasteiger charge is -2.03. The SMILES string of the molecule is C=CC=CCCCCCCCCC(C)O. The van der Waals surface area contributed by atoms with Gasteiger partial charge in [-0.2, -0.15) is 0 Å². The average Bonchev–Trinajstić information content (AvgIpc) is 2.20. The van der Waals surface area contributed by atoms with Gasteiger partial charge in [0.2, 0.25) is 0 Å². The molecule has 0 fully saturated rings. The van der Waals surface area contributed by atoms with E-state index in [9.17, 15) is 0 Å². The second-order valence-corrected chi connectivity index (χ2v) is 4.21. The number of rotatable bonds is 10. The van der Waals surface area contributed by atoms with Crippen molar-refractivity contribution in [1.29, 1.82) is 0 Å². The number of aliphatic hydroxyl groups is 1. The summed E-state index contributed by atoms with van der Waals surface area (Å²) in [4.78, 5) is 0. The number of allylic oxidation sites excluding steroid dienone is 3. The summed E-state index contributed by atoms with van der Waals surface area (Å²) in [6.45, 7) is 5.50. The smallest absolute Gasteiger partial charge is 0.0512 e. The highest BCUT2D eigenvalue weighted by atomic mass is 16.3. The highest BCUT2D eigenvalue weighted by Gasteiger charge is 1.95. The number of unbranched alkanes of at least 4 members (excludes halogenated alkanes) is 6. The van der Waals surface area contributed by atoms with Crippen molar-refractivity contribution in [3.05, 3.63) is 24.8 Å². The van der Waals surface area contributed by atoms with Crippen LogP contribution in [-0.2, 0) is 0 Å². The summed E-state index contributed by atoms with van der Waals surface area (Å²) < 4.78 is 0. The molecule has 88 valence electrons. The van der Waals surface area contributed by atoms with Gasteiger partial charge in [0.1, 0.15) is 0 Å². The summed E-state index contributed by atoms with van der Waals surface area (Å²) in [6.07, 6.45) is 15.8. The van der Waals surface area contributed by atoms with E-state index in [0.29, 0.717) is 0 Å². The zero-order chi connectivity index (χ0) is 11.4. The van der Waals surface area contributed by atoms with Gasteiger partial charge in [-0.3, -0.25) is 0 Å². The Morgan fingerprint density at radius 2 is 1.67 bits per heavy atom. The lowest BCUT2D eigenvalue weighted by Crippen LogP contribution is -1.98. The monoisotopic (exact) mass is 210 g/mol. The number of hydrogen-bond donors (Lipinski definition) is 1. The van der Waals surface area contributed by atoms with Gasteiger partial charge < -0.3 is 5.11 Å². The third kappa shape index (κ3) is 13.4. The largest absolute Gasteiger partial charge is 0.393 e.